The van der Waals surface area contributed by atoms with Gasteiger partial charge in [0.1, 0.15) is 0 Å². The normalized spacial score (nSPS) is 19.4. The van der Waals surface area contributed by atoms with Crippen LogP contribution in [-0.4, -0.2) is 12.5 Å². The monoisotopic (exact) mass is 306 g/mol. The number of thiophene rings is 1. The van der Waals surface area contributed by atoms with Crippen molar-refractivity contribution in [1.82, 2.24) is 5.32 Å². The molecule has 1 aliphatic heterocycles. The van der Waals surface area contributed by atoms with Gasteiger partial charge in [-0.1, -0.05) is 29.8 Å². The fourth-order valence-electron chi connectivity index (χ4n) is 2.80. The second-order valence-electron chi connectivity index (χ2n) is 4.88. The highest BCUT2D eigenvalue weighted by molar-refractivity contribution is 7.10. The fourth-order valence-corrected chi connectivity index (χ4v) is 3.99. The van der Waals surface area contributed by atoms with Crippen molar-refractivity contribution in [2.24, 2.45) is 5.73 Å². The van der Waals surface area contributed by atoms with Gasteiger partial charge in [0.05, 0.1) is 5.92 Å². The number of rotatable bonds is 3. The van der Waals surface area contributed by atoms with Gasteiger partial charge in [-0.25, -0.2) is 0 Å². The number of amides is 1. The summed E-state index contributed by atoms with van der Waals surface area (Å²) in [4.78, 5) is 13.3. The Balaban J connectivity index is 2.06. The molecule has 2 aromatic rings. The maximum absolute atomic E-state index is 12.0. The lowest BCUT2D eigenvalue weighted by atomic mass is 9.84. The topological polar surface area (TPSA) is 55.1 Å². The molecular weight excluding hydrogens is 292 g/mol. The van der Waals surface area contributed by atoms with E-state index in [0.717, 1.165) is 18.5 Å². The van der Waals surface area contributed by atoms with Gasteiger partial charge in [0.2, 0.25) is 5.91 Å². The van der Waals surface area contributed by atoms with Crippen molar-refractivity contribution in [3.8, 4) is 0 Å². The van der Waals surface area contributed by atoms with Gasteiger partial charge in [-0.2, -0.15) is 0 Å². The minimum Gasteiger partial charge on any atom is -0.369 e. The van der Waals surface area contributed by atoms with Gasteiger partial charge >= 0.3 is 0 Å². The van der Waals surface area contributed by atoms with Crippen LogP contribution in [0.15, 0.2) is 35.7 Å². The van der Waals surface area contributed by atoms with Crippen molar-refractivity contribution >= 4 is 28.8 Å². The third-order valence-corrected chi connectivity index (χ3v) is 5.05. The first-order chi connectivity index (χ1) is 9.68. The zero-order chi connectivity index (χ0) is 14.1. The SMILES string of the molecule is NC(=O)C(c1ccccc1Cl)[C@@H]1NCCc2sccc21. The van der Waals surface area contributed by atoms with E-state index in [2.05, 4.69) is 16.8 Å². The summed E-state index contributed by atoms with van der Waals surface area (Å²) in [6, 6.07) is 9.39. The third kappa shape index (κ3) is 2.35. The average Bonchev–Trinajstić information content (AvgIpc) is 2.90. The molecule has 20 heavy (non-hydrogen) atoms. The van der Waals surface area contributed by atoms with Crippen molar-refractivity contribution in [3.63, 3.8) is 0 Å². The van der Waals surface area contributed by atoms with Gasteiger partial charge in [0.25, 0.3) is 0 Å². The smallest absolute Gasteiger partial charge is 0.226 e. The molecule has 1 unspecified atom stereocenters. The summed E-state index contributed by atoms with van der Waals surface area (Å²) in [5, 5.41) is 6.06. The number of hydrogen-bond acceptors (Lipinski definition) is 3. The molecule has 3 nitrogen and oxygen atoms in total. The summed E-state index contributed by atoms with van der Waals surface area (Å²) < 4.78 is 0. The summed E-state index contributed by atoms with van der Waals surface area (Å²) in [6.45, 7) is 0.854. The number of fused-ring (bicyclic) bond motifs is 1. The number of carbonyl (C=O) groups is 1. The number of nitrogens with one attached hydrogen (secondary N) is 1. The van der Waals surface area contributed by atoms with E-state index < -0.39 is 5.92 Å². The molecule has 0 saturated carbocycles. The van der Waals surface area contributed by atoms with Crippen LogP contribution >= 0.6 is 22.9 Å². The van der Waals surface area contributed by atoms with Crippen LogP contribution in [0, 0.1) is 0 Å². The Labute approximate surface area is 126 Å². The van der Waals surface area contributed by atoms with E-state index in [1.807, 2.05) is 18.2 Å². The Kier molecular flexibility index (Phi) is 3.78. The molecule has 3 N–H and O–H groups in total. The quantitative estimate of drug-likeness (QED) is 0.916. The Morgan fingerprint density at radius 1 is 1.40 bits per heavy atom. The van der Waals surface area contributed by atoms with Crippen LogP contribution in [0.3, 0.4) is 0 Å². The third-order valence-electron chi connectivity index (χ3n) is 3.71. The highest BCUT2D eigenvalue weighted by Gasteiger charge is 2.34. The molecule has 0 aliphatic carbocycles. The Bertz CT molecular complexity index is 640. The van der Waals surface area contributed by atoms with Crippen molar-refractivity contribution in [3.05, 3.63) is 56.7 Å². The number of halogens is 1. The molecule has 104 valence electrons. The standard InChI is InChI=1S/C15H15ClN2OS/c16-11-4-2-1-3-9(11)13(15(17)19)14-10-6-8-20-12(10)5-7-18-14/h1-4,6,8,13-14,18H,5,7H2,(H2,17,19)/t13?,14-/m1/s1. The molecule has 3 rings (SSSR count). The van der Waals surface area contributed by atoms with E-state index in [4.69, 9.17) is 17.3 Å². The molecule has 1 aliphatic rings. The zero-order valence-corrected chi connectivity index (χ0v) is 12.4. The molecule has 2 heterocycles. The molecule has 1 aromatic carbocycles. The molecule has 5 heteroatoms. The minimum absolute atomic E-state index is 0.0950. The van der Waals surface area contributed by atoms with Crippen molar-refractivity contribution < 1.29 is 4.79 Å². The largest absolute Gasteiger partial charge is 0.369 e. The lowest BCUT2D eigenvalue weighted by Crippen LogP contribution is -2.38. The second-order valence-corrected chi connectivity index (χ2v) is 6.29. The number of carbonyl (C=O) groups excluding carboxylic acids is 1. The molecule has 0 fully saturated rings. The summed E-state index contributed by atoms with van der Waals surface area (Å²) in [5.74, 6) is -0.799. The van der Waals surface area contributed by atoms with Crippen LogP contribution in [0.5, 0.6) is 0 Å². The van der Waals surface area contributed by atoms with Gasteiger partial charge in [0, 0.05) is 22.5 Å². The van der Waals surface area contributed by atoms with Crippen LogP contribution in [0.2, 0.25) is 5.02 Å². The van der Waals surface area contributed by atoms with Crippen molar-refractivity contribution in [2.45, 2.75) is 18.4 Å². The van der Waals surface area contributed by atoms with Crippen LogP contribution in [-0.2, 0) is 11.2 Å². The highest BCUT2D eigenvalue weighted by Crippen LogP contribution is 2.39. The van der Waals surface area contributed by atoms with E-state index in [1.54, 1.807) is 17.4 Å². The van der Waals surface area contributed by atoms with Gasteiger partial charge in [-0.15, -0.1) is 11.3 Å². The molecule has 1 amide bonds. The molecule has 0 radical (unpaired) electrons. The first kappa shape index (κ1) is 13.6. The minimum atomic E-state index is -0.447. The van der Waals surface area contributed by atoms with Gasteiger partial charge in [-0.3, -0.25) is 4.79 Å². The van der Waals surface area contributed by atoms with Crippen LogP contribution in [0.1, 0.15) is 28.0 Å². The maximum Gasteiger partial charge on any atom is 0.226 e. The zero-order valence-electron chi connectivity index (χ0n) is 10.8. The summed E-state index contributed by atoms with van der Waals surface area (Å²) in [6.07, 6.45) is 0.998. The molecule has 0 bridgehead atoms. The van der Waals surface area contributed by atoms with Gasteiger partial charge < -0.3 is 11.1 Å². The van der Waals surface area contributed by atoms with Gasteiger partial charge in [-0.05, 0) is 35.1 Å². The fraction of sp³-hybridized carbons (Fsp3) is 0.267. The average molecular weight is 307 g/mol. The van der Waals surface area contributed by atoms with E-state index in [1.165, 1.54) is 10.4 Å². The predicted octanol–water partition coefficient (Wildman–Crippen LogP) is 2.86. The molecule has 1 aromatic heterocycles. The molecule has 0 spiro atoms. The summed E-state index contributed by atoms with van der Waals surface area (Å²) >= 11 is 7.98. The highest BCUT2D eigenvalue weighted by atomic mass is 35.5. The molecule has 0 saturated heterocycles. The van der Waals surface area contributed by atoms with E-state index >= 15 is 0 Å². The van der Waals surface area contributed by atoms with E-state index in [-0.39, 0.29) is 11.9 Å². The van der Waals surface area contributed by atoms with E-state index in [9.17, 15) is 4.79 Å². The first-order valence-electron chi connectivity index (χ1n) is 6.52. The van der Waals surface area contributed by atoms with Crippen LogP contribution in [0.4, 0.5) is 0 Å². The van der Waals surface area contributed by atoms with Crippen LogP contribution in [0.25, 0.3) is 0 Å². The number of hydrogen-bond donors (Lipinski definition) is 2. The lowest BCUT2D eigenvalue weighted by molar-refractivity contribution is -0.120. The first-order valence-corrected chi connectivity index (χ1v) is 7.77. The Hall–Kier alpha value is -1.36. The second kappa shape index (κ2) is 5.56. The Morgan fingerprint density at radius 3 is 2.95 bits per heavy atom. The predicted molar refractivity (Wildman–Crippen MR) is 82.2 cm³/mol. The number of benzene rings is 1. The number of primary amides is 1. The molecular formula is C15H15ClN2OS. The lowest BCUT2D eigenvalue weighted by Gasteiger charge is -2.30. The molecule has 2 atom stereocenters. The van der Waals surface area contributed by atoms with Crippen molar-refractivity contribution in [2.75, 3.05) is 6.54 Å². The summed E-state index contributed by atoms with van der Waals surface area (Å²) in [7, 11) is 0. The van der Waals surface area contributed by atoms with Crippen LogP contribution < -0.4 is 11.1 Å². The summed E-state index contributed by atoms with van der Waals surface area (Å²) in [5.41, 5.74) is 7.62. The van der Waals surface area contributed by atoms with E-state index in [0.29, 0.717) is 5.02 Å². The maximum atomic E-state index is 12.0. The van der Waals surface area contributed by atoms with Crippen molar-refractivity contribution in [1.29, 1.82) is 0 Å². The van der Waals surface area contributed by atoms with Gasteiger partial charge in [0.15, 0.2) is 0 Å². The Morgan fingerprint density at radius 2 is 2.20 bits per heavy atom. The number of nitrogens with two attached hydrogens (primary N) is 1.